The van der Waals surface area contributed by atoms with E-state index in [9.17, 15) is 18.0 Å². The van der Waals surface area contributed by atoms with Crippen LogP contribution in [0.3, 0.4) is 0 Å². The van der Waals surface area contributed by atoms with Crippen LogP contribution in [-0.2, 0) is 14.6 Å². The molecule has 1 saturated heterocycles. The minimum atomic E-state index is -3.91. The lowest BCUT2D eigenvalue weighted by atomic mass is 10.00. The number of rotatable bonds is 9. The minimum Gasteiger partial charge on any atom is -0.378 e. The quantitative estimate of drug-likeness (QED) is 0.211. The molecule has 5 rings (SSSR count). The SMILES string of the molecule is Cc1ccc(S(=O)(=O)C(C)(C)C(=O)c2ccc(N(C)c3ccc(C(=O)c4ccc(N5CCOCC5)cc4)cc3)cc2)cc1. The van der Waals surface area contributed by atoms with E-state index in [1.807, 2.05) is 55.3 Å². The number of aryl methyl sites for hydroxylation is 1. The van der Waals surface area contributed by atoms with Crippen LogP contribution in [0.25, 0.3) is 0 Å². The molecule has 222 valence electrons. The Morgan fingerprint density at radius 3 is 1.70 bits per heavy atom. The van der Waals surface area contributed by atoms with Gasteiger partial charge in [0.05, 0.1) is 18.1 Å². The molecule has 1 heterocycles. The number of nitrogens with zero attached hydrogens (tertiary/aromatic N) is 2. The Labute approximate surface area is 253 Å². The maximum Gasteiger partial charge on any atom is 0.193 e. The van der Waals surface area contributed by atoms with Crippen molar-refractivity contribution < 1.29 is 22.7 Å². The summed E-state index contributed by atoms with van der Waals surface area (Å²) < 4.78 is 30.4. The lowest BCUT2D eigenvalue weighted by Crippen LogP contribution is -2.40. The predicted molar refractivity (Wildman–Crippen MR) is 171 cm³/mol. The lowest BCUT2D eigenvalue weighted by molar-refractivity contribution is 0.0953. The number of ketones is 2. The standard InChI is InChI=1S/C35H36N2O5S/c1-25-5-19-32(20-6-25)43(40,41)35(2,3)34(39)28-11-15-30(16-12-28)36(4)29-13-7-26(8-14-29)33(38)27-9-17-31(18-10-27)37-21-23-42-24-22-37/h5-20H,21-24H2,1-4H3. The van der Waals surface area contributed by atoms with Crippen LogP contribution in [0.15, 0.2) is 102 Å². The molecule has 0 bridgehead atoms. The number of hydrogen-bond acceptors (Lipinski definition) is 7. The zero-order valence-electron chi connectivity index (χ0n) is 24.9. The molecule has 1 aliphatic heterocycles. The van der Waals surface area contributed by atoms with E-state index in [0.717, 1.165) is 35.7 Å². The summed E-state index contributed by atoms with van der Waals surface area (Å²) in [7, 11) is -2.01. The van der Waals surface area contributed by atoms with Gasteiger partial charge in [-0.1, -0.05) is 17.7 Å². The van der Waals surface area contributed by atoms with Gasteiger partial charge >= 0.3 is 0 Å². The second kappa shape index (κ2) is 12.1. The van der Waals surface area contributed by atoms with E-state index >= 15 is 0 Å². The number of morpholine rings is 1. The third-order valence-corrected chi connectivity index (χ3v) is 10.5. The van der Waals surface area contributed by atoms with Crippen LogP contribution in [0.1, 0.15) is 45.7 Å². The van der Waals surface area contributed by atoms with Crippen LogP contribution in [0.4, 0.5) is 17.1 Å². The first kappa shape index (κ1) is 30.2. The fraction of sp³-hybridized carbons (Fsp3) is 0.257. The van der Waals surface area contributed by atoms with Crippen molar-refractivity contribution in [2.24, 2.45) is 0 Å². The topological polar surface area (TPSA) is 84.0 Å². The fourth-order valence-electron chi connectivity index (χ4n) is 5.12. The van der Waals surface area contributed by atoms with Crippen LogP contribution >= 0.6 is 0 Å². The summed E-state index contributed by atoms with van der Waals surface area (Å²) in [5, 5.41) is 0. The van der Waals surface area contributed by atoms with Gasteiger partial charge < -0.3 is 14.5 Å². The molecule has 0 unspecified atom stereocenters. The molecule has 0 amide bonds. The second-order valence-corrected chi connectivity index (χ2v) is 13.8. The number of ether oxygens (including phenoxy) is 1. The number of carbonyl (C=O) groups excluding carboxylic acids is 2. The van der Waals surface area contributed by atoms with Crippen LogP contribution in [0.5, 0.6) is 0 Å². The Morgan fingerprint density at radius 1 is 0.721 bits per heavy atom. The van der Waals surface area contributed by atoms with Crippen LogP contribution in [-0.4, -0.2) is 58.1 Å². The summed E-state index contributed by atoms with van der Waals surface area (Å²) in [5.41, 5.74) is 5.24. The Balaban J connectivity index is 1.26. The number of sulfone groups is 1. The Morgan fingerprint density at radius 2 is 1.19 bits per heavy atom. The van der Waals surface area contributed by atoms with Gasteiger partial charge in [-0.2, -0.15) is 0 Å². The van der Waals surface area contributed by atoms with E-state index in [0.29, 0.717) is 29.9 Å². The number of hydrogen-bond donors (Lipinski definition) is 0. The molecule has 0 saturated carbocycles. The molecular weight excluding hydrogens is 560 g/mol. The first-order valence-electron chi connectivity index (χ1n) is 14.3. The molecule has 7 nitrogen and oxygen atoms in total. The van der Waals surface area contributed by atoms with E-state index in [1.54, 1.807) is 60.7 Å². The second-order valence-electron chi connectivity index (χ2n) is 11.3. The zero-order chi connectivity index (χ0) is 30.8. The van der Waals surface area contributed by atoms with Crippen molar-refractivity contribution in [3.63, 3.8) is 0 Å². The minimum absolute atomic E-state index is 0.0474. The normalized spacial score (nSPS) is 13.9. The maximum atomic E-state index is 13.4. The highest BCUT2D eigenvalue weighted by Gasteiger charge is 2.43. The van der Waals surface area contributed by atoms with E-state index in [-0.39, 0.29) is 10.7 Å². The van der Waals surface area contributed by atoms with Gasteiger partial charge in [0.2, 0.25) is 0 Å². The fourth-order valence-corrected chi connectivity index (χ4v) is 6.56. The Bertz CT molecular complexity index is 1710. The lowest BCUT2D eigenvalue weighted by Gasteiger charge is -2.28. The molecule has 0 N–H and O–H groups in total. The monoisotopic (exact) mass is 596 g/mol. The largest absolute Gasteiger partial charge is 0.378 e. The van der Waals surface area contributed by atoms with Gasteiger partial charge in [-0.05, 0) is 106 Å². The predicted octanol–water partition coefficient (Wildman–Crippen LogP) is 6.27. The average molecular weight is 597 g/mol. The summed E-state index contributed by atoms with van der Waals surface area (Å²) in [5.74, 6) is -0.517. The summed E-state index contributed by atoms with van der Waals surface area (Å²) in [4.78, 5) is 30.8. The summed E-state index contributed by atoms with van der Waals surface area (Å²) in [6.07, 6.45) is 0. The molecule has 4 aromatic rings. The highest BCUT2D eigenvalue weighted by Crippen LogP contribution is 2.31. The van der Waals surface area contributed by atoms with E-state index in [2.05, 4.69) is 4.90 Å². The molecule has 0 aromatic heterocycles. The number of carbonyl (C=O) groups is 2. The van der Waals surface area contributed by atoms with Crippen molar-refractivity contribution in [1.29, 1.82) is 0 Å². The van der Waals surface area contributed by atoms with E-state index in [4.69, 9.17) is 4.74 Å². The third-order valence-electron chi connectivity index (χ3n) is 8.09. The number of anilines is 3. The van der Waals surface area contributed by atoms with Crippen molar-refractivity contribution in [2.75, 3.05) is 43.2 Å². The number of Topliss-reactive ketones (excluding diaryl/α,β-unsaturated/α-hetero) is 1. The van der Waals surface area contributed by atoms with Gasteiger partial charge in [-0.25, -0.2) is 8.42 Å². The van der Waals surface area contributed by atoms with Gasteiger partial charge in [0.25, 0.3) is 0 Å². The molecule has 1 aliphatic rings. The molecule has 0 spiro atoms. The molecule has 4 aromatic carbocycles. The van der Waals surface area contributed by atoms with Crippen molar-refractivity contribution in [1.82, 2.24) is 0 Å². The first-order chi connectivity index (χ1) is 20.5. The highest BCUT2D eigenvalue weighted by molar-refractivity contribution is 7.93. The highest BCUT2D eigenvalue weighted by atomic mass is 32.2. The summed E-state index contributed by atoms with van der Waals surface area (Å²) in [6, 6.07) is 28.5. The van der Waals surface area contributed by atoms with Crippen molar-refractivity contribution in [3.05, 3.63) is 119 Å². The molecular formula is C35H36N2O5S. The van der Waals surface area contributed by atoms with E-state index < -0.39 is 20.4 Å². The van der Waals surface area contributed by atoms with Crippen molar-refractivity contribution in [3.8, 4) is 0 Å². The van der Waals surface area contributed by atoms with Gasteiger partial charge in [-0.15, -0.1) is 0 Å². The van der Waals surface area contributed by atoms with Crippen molar-refractivity contribution >= 4 is 38.5 Å². The molecule has 0 aliphatic carbocycles. The first-order valence-corrected chi connectivity index (χ1v) is 15.7. The van der Waals surface area contributed by atoms with Gasteiger partial charge in [0, 0.05) is 53.9 Å². The van der Waals surface area contributed by atoms with Gasteiger partial charge in [0.1, 0.15) is 4.75 Å². The molecule has 43 heavy (non-hydrogen) atoms. The third kappa shape index (κ3) is 6.12. The maximum absolute atomic E-state index is 13.4. The van der Waals surface area contributed by atoms with Crippen LogP contribution < -0.4 is 9.80 Å². The van der Waals surface area contributed by atoms with Crippen molar-refractivity contribution in [2.45, 2.75) is 30.4 Å². The van der Waals surface area contributed by atoms with Crippen LogP contribution in [0.2, 0.25) is 0 Å². The van der Waals surface area contributed by atoms with Gasteiger partial charge in [0.15, 0.2) is 21.4 Å². The van der Waals surface area contributed by atoms with Crippen LogP contribution in [0, 0.1) is 6.92 Å². The van der Waals surface area contributed by atoms with E-state index in [1.165, 1.54) is 13.8 Å². The molecule has 0 atom stereocenters. The summed E-state index contributed by atoms with van der Waals surface area (Å²) in [6.45, 7) is 7.88. The Hall–Kier alpha value is -4.27. The molecule has 0 radical (unpaired) electrons. The Kier molecular flexibility index (Phi) is 8.53. The summed E-state index contributed by atoms with van der Waals surface area (Å²) >= 11 is 0. The molecule has 1 fully saturated rings. The average Bonchev–Trinajstić information content (AvgIpc) is 3.04. The smallest absolute Gasteiger partial charge is 0.193 e. The van der Waals surface area contributed by atoms with Gasteiger partial charge in [-0.3, -0.25) is 9.59 Å². The molecule has 8 heteroatoms. The number of benzene rings is 4. The zero-order valence-corrected chi connectivity index (χ0v) is 25.7.